The molecule has 0 aliphatic heterocycles. The van der Waals surface area contributed by atoms with Gasteiger partial charge in [-0.25, -0.2) is 0 Å². The number of Topliss-reactive ketones (excluding diaryl/α,β-unsaturated/α-hetero) is 1. The molecule has 1 aromatic heterocycles. The standard InChI is InChI=1S/C24H26ClNO/c1-6-18-7-12-23-22(13-18)21(14-24(27)15(2)3)17(5)26(23)16(4)19-8-10-20(25)11-9-19/h7-13,15H,4,6,14H2,1-3,5H3. The van der Waals surface area contributed by atoms with Crippen molar-refractivity contribution in [2.24, 2.45) is 5.92 Å². The van der Waals surface area contributed by atoms with Gasteiger partial charge < -0.3 is 4.57 Å². The Labute approximate surface area is 166 Å². The molecule has 140 valence electrons. The zero-order chi connectivity index (χ0) is 19.7. The number of halogens is 1. The molecular weight excluding hydrogens is 354 g/mol. The molecule has 3 rings (SSSR count). The number of hydrogen-bond acceptors (Lipinski definition) is 1. The quantitative estimate of drug-likeness (QED) is 0.482. The topological polar surface area (TPSA) is 22.0 Å². The lowest BCUT2D eigenvalue weighted by molar-refractivity contribution is -0.121. The first kappa shape index (κ1) is 19.4. The molecular formula is C24H26ClNO. The Hall–Kier alpha value is -2.32. The Kier molecular flexibility index (Phi) is 5.57. The van der Waals surface area contributed by atoms with Gasteiger partial charge >= 0.3 is 0 Å². The summed E-state index contributed by atoms with van der Waals surface area (Å²) in [4.78, 5) is 12.5. The SMILES string of the molecule is C=C(c1ccc(Cl)cc1)n1c(C)c(CC(=O)C(C)C)c2cc(CC)ccc21. The van der Waals surface area contributed by atoms with Crippen LogP contribution in [0, 0.1) is 12.8 Å². The second kappa shape index (κ2) is 7.74. The molecule has 0 aliphatic carbocycles. The van der Waals surface area contributed by atoms with Gasteiger partial charge in [0.15, 0.2) is 0 Å². The third-order valence-electron chi connectivity index (χ3n) is 5.25. The second-order valence-corrected chi connectivity index (χ2v) is 7.79. The molecule has 2 aromatic carbocycles. The molecule has 2 nitrogen and oxygen atoms in total. The normalized spacial score (nSPS) is 11.3. The second-order valence-electron chi connectivity index (χ2n) is 7.36. The number of aromatic nitrogens is 1. The average Bonchev–Trinajstić information content (AvgIpc) is 2.92. The van der Waals surface area contributed by atoms with E-state index in [0.717, 1.165) is 39.8 Å². The Morgan fingerprint density at radius 3 is 2.41 bits per heavy atom. The summed E-state index contributed by atoms with van der Waals surface area (Å²) in [6.45, 7) is 12.5. The van der Waals surface area contributed by atoms with Crippen molar-refractivity contribution in [3.05, 3.63) is 76.5 Å². The van der Waals surface area contributed by atoms with Crippen LogP contribution in [0.25, 0.3) is 16.6 Å². The average molecular weight is 380 g/mol. The fourth-order valence-corrected chi connectivity index (χ4v) is 3.60. The van der Waals surface area contributed by atoms with Crippen LogP contribution < -0.4 is 0 Å². The van der Waals surface area contributed by atoms with E-state index in [1.807, 2.05) is 38.1 Å². The Morgan fingerprint density at radius 1 is 1.15 bits per heavy atom. The van der Waals surface area contributed by atoms with Crippen LogP contribution in [0.2, 0.25) is 5.02 Å². The van der Waals surface area contributed by atoms with E-state index in [0.29, 0.717) is 11.4 Å². The molecule has 0 unspecified atom stereocenters. The van der Waals surface area contributed by atoms with E-state index in [1.54, 1.807) is 0 Å². The van der Waals surface area contributed by atoms with Crippen molar-refractivity contribution < 1.29 is 4.79 Å². The number of rotatable bonds is 6. The van der Waals surface area contributed by atoms with Crippen molar-refractivity contribution in [1.29, 1.82) is 0 Å². The van der Waals surface area contributed by atoms with Crippen molar-refractivity contribution in [2.75, 3.05) is 0 Å². The zero-order valence-corrected chi connectivity index (χ0v) is 17.2. The van der Waals surface area contributed by atoms with Gasteiger partial charge in [-0.15, -0.1) is 0 Å². The molecule has 0 atom stereocenters. The summed E-state index contributed by atoms with van der Waals surface area (Å²) in [7, 11) is 0. The number of hydrogen-bond donors (Lipinski definition) is 0. The van der Waals surface area contributed by atoms with Crippen molar-refractivity contribution in [3.8, 4) is 0 Å². The Morgan fingerprint density at radius 2 is 1.81 bits per heavy atom. The van der Waals surface area contributed by atoms with Crippen LogP contribution in [0.4, 0.5) is 0 Å². The number of carbonyl (C=O) groups is 1. The summed E-state index contributed by atoms with van der Waals surface area (Å²) in [5.41, 5.74) is 6.45. The minimum Gasteiger partial charge on any atom is -0.314 e. The molecule has 0 radical (unpaired) electrons. The molecule has 3 aromatic rings. The third kappa shape index (κ3) is 3.72. The fourth-order valence-electron chi connectivity index (χ4n) is 3.47. The molecule has 0 bridgehead atoms. The largest absolute Gasteiger partial charge is 0.314 e. The van der Waals surface area contributed by atoms with Gasteiger partial charge in [0.2, 0.25) is 0 Å². The molecule has 0 aliphatic rings. The molecule has 3 heteroatoms. The predicted molar refractivity (Wildman–Crippen MR) is 115 cm³/mol. The highest BCUT2D eigenvalue weighted by molar-refractivity contribution is 6.30. The van der Waals surface area contributed by atoms with E-state index in [2.05, 4.69) is 43.2 Å². The van der Waals surface area contributed by atoms with Gasteiger partial charge in [0, 0.05) is 34.1 Å². The van der Waals surface area contributed by atoms with Crippen molar-refractivity contribution in [2.45, 2.75) is 40.5 Å². The minimum absolute atomic E-state index is 0.0247. The van der Waals surface area contributed by atoms with Crippen LogP contribution in [0.5, 0.6) is 0 Å². The maximum Gasteiger partial charge on any atom is 0.139 e. The molecule has 0 saturated carbocycles. The minimum atomic E-state index is 0.0247. The van der Waals surface area contributed by atoms with Gasteiger partial charge in [0.1, 0.15) is 5.78 Å². The van der Waals surface area contributed by atoms with Gasteiger partial charge in [-0.2, -0.15) is 0 Å². The summed E-state index contributed by atoms with van der Waals surface area (Å²) >= 11 is 6.04. The summed E-state index contributed by atoms with van der Waals surface area (Å²) in [6.07, 6.45) is 1.42. The summed E-state index contributed by atoms with van der Waals surface area (Å²) < 4.78 is 2.17. The van der Waals surface area contributed by atoms with Crippen LogP contribution in [0.3, 0.4) is 0 Å². The van der Waals surface area contributed by atoms with E-state index < -0.39 is 0 Å². The Bertz CT molecular complexity index is 1010. The van der Waals surface area contributed by atoms with Crippen molar-refractivity contribution in [1.82, 2.24) is 4.57 Å². The van der Waals surface area contributed by atoms with Gasteiger partial charge in [-0.05, 0) is 54.3 Å². The first-order valence-electron chi connectivity index (χ1n) is 9.44. The first-order chi connectivity index (χ1) is 12.8. The molecule has 0 saturated heterocycles. The monoisotopic (exact) mass is 379 g/mol. The number of carbonyl (C=O) groups excluding carboxylic acids is 1. The van der Waals surface area contributed by atoms with E-state index >= 15 is 0 Å². The third-order valence-corrected chi connectivity index (χ3v) is 5.50. The van der Waals surface area contributed by atoms with Crippen LogP contribution in [-0.2, 0) is 17.6 Å². The van der Waals surface area contributed by atoms with Crippen molar-refractivity contribution >= 4 is 34.0 Å². The van der Waals surface area contributed by atoms with Crippen LogP contribution in [0.15, 0.2) is 49.0 Å². The number of ketones is 1. The lowest BCUT2D eigenvalue weighted by Gasteiger charge is -2.13. The fraction of sp³-hybridized carbons (Fsp3) is 0.292. The maximum absolute atomic E-state index is 12.5. The van der Waals surface area contributed by atoms with Crippen LogP contribution in [-0.4, -0.2) is 10.4 Å². The molecule has 1 heterocycles. The van der Waals surface area contributed by atoms with Gasteiger partial charge in [0.05, 0.1) is 5.52 Å². The highest BCUT2D eigenvalue weighted by Gasteiger charge is 2.20. The molecule has 0 amide bonds. The number of fused-ring (bicyclic) bond motifs is 1. The molecule has 0 N–H and O–H groups in total. The van der Waals surface area contributed by atoms with Crippen molar-refractivity contribution in [3.63, 3.8) is 0 Å². The molecule has 27 heavy (non-hydrogen) atoms. The van der Waals surface area contributed by atoms with Gasteiger partial charge in [-0.1, -0.05) is 57.2 Å². The zero-order valence-electron chi connectivity index (χ0n) is 16.5. The van der Waals surface area contributed by atoms with E-state index in [9.17, 15) is 4.79 Å². The van der Waals surface area contributed by atoms with E-state index in [-0.39, 0.29) is 11.7 Å². The predicted octanol–water partition coefficient (Wildman–Crippen LogP) is 6.45. The Balaban J connectivity index is 2.20. The van der Waals surface area contributed by atoms with Gasteiger partial charge in [-0.3, -0.25) is 4.79 Å². The molecule has 0 fully saturated rings. The number of nitrogens with zero attached hydrogens (tertiary/aromatic N) is 1. The smallest absolute Gasteiger partial charge is 0.139 e. The van der Waals surface area contributed by atoms with Crippen LogP contribution >= 0.6 is 11.6 Å². The lowest BCUT2D eigenvalue weighted by atomic mass is 9.98. The maximum atomic E-state index is 12.5. The first-order valence-corrected chi connectivity index (χ1v) is 9.82. The lowest BCUT2D eigenvalue weighted by Crippen LogP contribution is -2.11. The summed E-state index contributed by atoms with van der Waals surface area (Å²) in [6, 6.07) is 14.2. The highest BCUT2D eigenvalue weighted by Crippen LogP contribution is 2.33. The van der Waals surface area contributed by atoms with Gasteiger partial charge in [0.25, 0.3) is 0 Å². The summed E-state index contributed by atoms with van der Waals surface area (Å²) in [5, 5.41) is 1.85. The molecule has 0 spiro atoms. The van der Waals surface area contributed by atoms with E-state index in [1.165, 1.54) is 5.56 Å². The number of benzene rings is 2. The van der Waals surface area contributed by atoms with E-state index in [4.69, 9.17) is 11.6 Å². The highest BCUT2D eigenvalue weighted by atomic mass is 35.5. The summed E-state index contributed by atoms with van der Waals surface area (Å²) in [5.74, 6) is 0.285. The van der Waals surface area contributed by atoms with Crippen LogP contribution in [0.1, 0.15) is 43.2 Å². The number of aryl methyl sites for hydroxylation is 1.